The van der Waals surface area contributed by atoms with Crippen molar-refractivity contribution in [3.05, 3.63) is 65.7 Å². The molecule has 0 saturated carbocycles. The van der Waals surface area contributed by atoms with E-state index in [0.29, 0.717) is 5.75 Å². The Morgan fingerprint density at radius 2 is 1.76 bits per heavy atom. The van der Waals surface area contributed by atoms with E-state index in [-0.39, 0.29) is 0 Å². The molecule has 0 radical (unpaired) electrons. The minimum absolute atomic E-state index is 0.528. The Balaban J connectivity index is 1.93. The van der Waals surface area contributed by atoms with Gasteiger partial charge in [-0.25, -0.2) is 0 Å². The molecule has 2 rings (SSSR count). The normalized spacial score (nSPS) is 12.9. The van der Waals surface area contributed by atoms with Crippen LogP contribution in [-0.2, 0) is 5.60 Å². The Kier molecular flexibility index (Phi) is 5.32. The molecule has 108 valence electrons. The Hall–Kier alpha value is -1.89. The van der Waals surface area contributed by atoms with Crippen LogP contribution in [0.4, 0.5) is 0 Å². The minimum Gasteiger partial charge on any atom is -0.497 e. The van der Waals surface area contributed by atoms with Gasteiger partial charge in [0, 0.05) is 11.3 Å². The quantitative estimate of drug-likeness (QED) is 0.874. The lowest BCUT2D eigenvalue weighted by Crippen LogP contribution is -2.23. The van der Waals surface area contributed by atoms with Crippen molar-refractivity contribution in [1.29, 1.82) is 0 Å². The van der Waals surface area contributed by atoms with Gasteiger partial charge in [0.15, 0.2) is 0 Å². The molecule has 1 atom stereocenters. The van der Waals surface area contributed by atoms with Crippen LogP contribution in [0.1, 0.15) is 18.1 Å². The summed E-state index contributed by atoms with van der Waals surface area (Å²) in [4.78, 5) is 0. The molecule has 0 amide bonds. The summed E-state index contributed by atoms with van der Waals surface area (Å²) in [5.41, 5.74) is 0.965. The Bertz CT molecular complexity index is 622. The lowest BCUT2D eigenvalue weighted by atomic mass is 9.99. The first-order chi connectivity index (χ1) is 10.1. The minimum atomic E-state index is -0.874. The Morgan fingerprint density at radius 3 is 2.38 bits per heavy atom. The molecule has 0 aromatic heterocycles. The second-order valence-electron chi connectivity index (χ2n) is 4.88. The predicted molar refractivity (Wildman–Crippen MR) is 88.3 cm³/mol. The second-order valence-corrected chi connectivity index (χ2v) is 5.67. The van der Waals surface area contributed by atoms with Gasteiger partial charge in [-0.05, 0) is 42.0 Å². The molecule has 1 N–H and O–H groups in total. The van der Waals surface area contributed by atoms with Gasteiger partial charge in [0.05, 0.1) is 12.7 Å². The van der Waals surface area contributed by atoms with E-state index < -0.39 is 5.60 Å². The van der Waals surface area contributed by atoms with Crippen LogP contribution in [0, 0.1) is 11.2 Å². The van der Waals surface area contributed by atoms with Gasteiger partial charge in [-0.1, -0.05) is 48.0 Å². The maximum absolute atomic E-state index is 10.4. The number of thioether (sulfide) groups is 1. The van der Waals surface area contributed by atoms with Crippen LogP contribution in [-0.4, -0.2) is 18.0 Å². The van der Waals surface area contributed by atoms with E-state index >= 15 is 0 Å². The third-order valence-corrected chi connectivity index (χ3v) is 4.06. The highest BCUT2D eigenvalue weighted by Crippen LogP contribution is 2.24. The van der Waals surface area contributed by atoms with Gasteiger partial charge < -0.3 is 9.84 Å². The third-order valence-electron chi connectivity index (χ3n) is 3.11. The van der Waals surface area contributed by atoms with Crippen molar-refractivity contribution in [3.8, 4) is 16.9 Å². The summed E-state index contributed by atoms with van der Waals surface area (Å²) < 4.78 is 5.10. The summed E-state index contributed by atoms with van der Waals surface area (Å²) in [5.74, 6) is 4.41. The van der Waals surface area contributed by atoms with Crippen LogP contribution in [0.5, 0.6) is 5.75 Å². The number of rotatable bonds is 4. The Morgan fingerprint density at radius 1 is 1.10 bits per heavy atom. The molecule has 2 aromatic carbocycles. The number of ether oxygens (including phenoxy) is 1. The maximum Gasteiger partial charge on any atom is 0.118 e. The first-order valence-corrected chi connectivity index (χ1v) is 7.65. The third kappa shape index (κ3) is 4.56. The van der Waals surface area contributed by atoms with Crippen molar-refractivity contribution in [2.45, 2.75) is 12.5 Å². The van der Waals surface area contributed by atoms with Crippen molar-refractivity contribution >= 4 is 11.8 Å². The largest absolute Gasteiger partial charge is 0.497 e. The average Bonchev–Trinajstić information content (AvgIpc) is 2.53. The average molecular weight is 298 g/mol. The second kappa shape index (κ2) is 7.21. The molecule has 1 unspecified atom stereocenters. The summed E-state index contributed by atoms with van der Waals surface area (Å²) in [6.45, 7) is 1.81. The highest BCUT2D eigenvalue weighted by Gasteiger charge is 2.22. The molecule has 2 aromatic rings. The summed E-state index contributed by atoms with van der Waals surface area (Å²) in [6, 6.07) is 17.3. The predicted octanol–water partition coefficient (Wildman–Crippen LogP) is 3.65. The van der Waals surface area contributed by atoms with Crippen molar-refractivity contribution in [1.82, 2.24) is 0 Å². The molecule has 0 aliphatic heterocycles. The van der Waals surface area contributed by atoms with Gasteiger partial charge in [-0.3, -0.25) is 0 Å². The van der Waals surface area contributed by atoms with E-state index in [4.69, 9.17) is 4.74 Å². The standard InChI is InChI=1S/C18H18O2S/c1-18(19,16-6-4-3-5-7-16)14-21-13-12-15-8-10-17(20-2)11-9-15/h3-11,19H,14H2,1-2H3. The molecule has 0 fully saturated rings. The van der Waals surface area contributed by atoms with Gasteiger partial charge in [-0.2, -0.15) is 0 Å². The van der Waals surface area contributed by atoms with E-state index in [1.54, 1.807) is 7.11 Å². The van der Waals surface area contributed by atoms with E-state index in [9.17, 15) is 5.11 Å². The monoisotopic (exact) mass is 298 g/mol. The van der Waals surface area contributed by atoms with Crippen LogP contribution in [0.15, 0.2) is 54.6 Å². The van der Waals surface area contributed by atoms with Crippen molar-refractivity contribution < 1.29 is 9.84 Å². The zero-order valence-electron chi connectivity index (χ0n) is 12.2. The first kappa shape index (κ1) is 15.5. The molecule has 3 heteroatoms. The topological polar surface area (TPSA) is 29.5 Å². The zero-order valence-corrected chi connectivity index (χ0v) is 13.0. The lowest BCUT2D eigenvalue weighted by molar-refractivity contribution is 0.0841. The molecule has 0 saturated heterocycles. The number of benzene rings is 2. The Labute approximate surface area is 130 Å². The van der Waals surface area contributed by atoms with E-state index in [1.165, 1.54) is 11.8 Å². The van der Waals surface area contributed by atoms with Crippen LogP contribution in [0.2, 0.25) is 0 Å². The van der Waals surface area contributed by atoms with E-state index in [0.717, 1.165) is 16.9 Å². The van der Waals surface area contributed by atoms with Gasteiger partial charge >= 0.3 is 0 Å². The van der Waals surface area contributed by atoms with Gasteiger partial charge in [0.25, 0.3) is 0 Å². The molecule has 0 bridgehead atoms. The molecule has 2 nitrogen and oxygen atoms in total. The molecule has 0 aliphatic carbocycles. The highest BCUT2D eigenvalue weighted by molar-refractivity contribution is 8.03. The van der Waals surface area contributed by atoms with Gasteiger partial charge in [-0.15, -0.1) is 0 Å². The fourth-order valence-corrected chi connectivity index (χ4v) is 2.54. The fourth-order valence-electron chi connectivity index (χ4n) is 1.83. The molecular formula is C18H18O2S. The maximum atomic E-state index is 10.4. The SMILES string of the molecule is COc1ccc(C#CSCC(C)(O)c2ccccc2)cc1. The molecule has 0 spiro atoms. The number of hydrogen-bond acceptors (Lipinski definition) is 3. The first-order valence-electron chi connectivity index (χ1n) is 6.66. The zero-order chi connectivity index (χ0) is 15.1. The summed E-state index contributed by atoms with van der Waals surface area (Å²) >= 11 is 1.42. The number of methoxy groups -OCH3 is 1. The molecule has 0 heterocycles. The number of aliphatic hydroxyl groups is 1. The smallest absolute Gasteiger partial charge is 0.118 e. The fraction of sp³-hybridized carbons (Fsp3) is 0.222. The van der Waals surface area contributed by atoms with Crippen LogP contribution in [0.3, 0.4) is 0 Å². The van der Waals surface area contributed by atoms with Crippen molar-refractivity contribution in [2.24, 2.45) is 0 Å². The van der Waals surface area contributed by atoms with Crippen LogP contribution >= 0.6 is 11.8 Å². The van der Waals surface area contributed by atoms with Crippen LogP contribution < -0.4 is 4.74 Å². The van der Waals surface area contributed by atoms with Gasteiger partial charge in [0.2, 0.25) is 0 Å². The molecule has 0 aliphatic rings. The highest BCUT2D eigenvalue weighted by atomic mass is 32.2. The summed E-state index contributed by atoms with van der Waals surface area (Å²) in [5, 5.41) is 13.5. The molecular weight excluding hydrogens is 280 g/mol. The van der Waals surface area contributed by atoms with E-state index in [1.807, 2.05) is 61.5 Å². The molecule has 21 heavy (non-hydrogen) atoms. The van der Waals surface area contributed by atoms with Crippen LogP contribution in [0.25, 0.3) is 0 Å². The summed E-state index contributed by atoms with van der Waals surface area (Å²) in [7, 11) is 1.64. The van der Waals surface area contributed by atoms with E-state index in [2.05, 4.69) is 11.2 Å². The summed E-state index contributed by atoms with van der Waals surface area (Å²) in [6.07, 6.45) is 0. The number of hydrogen-bond donors (Lipinski definition) is 1. The van der Waals surface area contributed by atoms with Crippen molar-refractivity contribution in [2.75, 3.05) is 12.9 Å². The lowest BCUT2D eigenvalue weighted by Gasteiger charge is -2.21. The van der Waals surface area contributed by atoms with Gasteiger partial charge in [0.1, 0.15) is 5.75 Å². The van der Waals surface area contributed by atoms with Crippen molar-refractivity contribution in [3.63, 3.8) is 0 Å².